The van der Waals surface area contributed by atoms with Crippen LogP contribution < -0.4 is 5.32 Å². The first kappa shape index (κ1) is 12.1. The number of carbonyl (C=O) groups excluding carboxylic acids is 1. The number of aliphatic hydroxyl groups is 1. The van der Waals surface area contributed by atoms with Crippen LogP contribution in [-0.4, -0.2) is 36.9 Å². The van der Waals surface area contributed by atoms with E-state index in [0.717, 1.165) is 6.42 Å². The van der Waals surface area contributed by atoms with E-state index in [-0.39, 0.29) is 5.92 Å². The molecular weight excluding hydrogens is 218 g/mol. The van der Waals surface area contributed by atoms with Gasteiger partial charge in [0.25, 0.3) is 0 Å². The van der Waals surface area contributed by atoms with Crippen LogP contribution in [0.1, 0.15) is 5.56 Å². The van der Waals surface area contributed by atoms with Crippen molar-refractivity contribution in [3.05, 3.63) is 35.9 Å². The second kappa shape index (κ2) is 5.29. The highest BCUT2D eigenvalue weighted by Gasteiger charge is 2.39. The molecule has 1 aliphatic heterocycles. The molecule has 0 aliphatic carbocycles. The van der Waals surface area contributed by atoms with E-state index in [1.807, 2.05) is 30.3 Å². The molecule has 1 aromatic rings. The molecule has 0 aromatic heterocycles. The van der Waals surface area contributed by atoms with E-state index in [9.17, 15) is 9.90 Å². The summed E-state index contributed by atoms with van der Waals surface area (Å²) in [7, 11) is 1.33. The summed E-state index contributed by atoms with van der Waals surface area (Å²) < 4.78 is 4.64. The Hall–Kier alpha value is -1.39. The molecule has 1 aliphatic rings. The number of benzene rings is 1. The molecule has 92 valence electrons. The first-order valence-corrected chi connectivity index (χ1v) is 5.75. The molecule has 0 spiro atoms. The molecule has 0 bridgehead atoms. The average Bonchev–Trinajstić information content (AvgIpc) is 2.72. The number of hydrogen-bond donors (Lipinski definition) is 2. The van der Waals surface area contributed by atoms with E-state index in [1.165, 1.54) is 12.7 Å². The fourth-order valence-electron chi connectivity index (χ4n) is 2.25. The van der Waals surface area contributed by atoms with Crippen molar-refractivity contribution in [3.63, 3.8) is 0 Å². The van der Waals surface area contributed by atoms with Crippen molar-refractivity contribution in [3.8, 4) is 0 Å². The minimum Gasteiger partial charge on any atom is -0.468 e. The second-order valence-corrected chi connectivity index (χ2v) is 4.35. The molecule has 1 saturated heterocycles. The lowest BCUT2D eigenvalue weighted by molar-refractivity contribution is -0.145. The second-order valence-electron chi connectivity index (χ2n) is 4.35. The standard InChI is InChI=1S/C13H17NO3/c1-17-13(16)11-12(15)10(8-14-11)7-9-5-3-2-4-6-9/h2-6,10-12,14-15H,7-8H2,1H3/t10-,11?,12?/m0/s1. The fraction of sp³-hybridized carbons (Fsp3) is 0.462. The largest absolute Gasteiger partial charge is 0.468 e. The van der Waals surface area contributed by atoms with E-state index in [0.29, 0.717) is 6.54 Å². The Morgan fingerprint density at radius 1 is 1.47 bits per heavy atom. The smallest absolute Gasteiger partial charge is 0.325 e. The summed E-state index contributed by atoms with van der Waals surface area (Å²) in [6.45, 7) is 0.635. The van der Waals surface area contributed by atoms with Crippen LogP contribution in [0.15, 0.2) is 30.3 Å². The molecule has 4 heteroatoms. The van der Waals surface area contributed by atoms with Gasteiger partial charge in [0.2, 0.25) is 0 Å². The average molecular weight is 235 g/mol. The quantitative estimate of drug-likeness (QED) is 0.742. The van der Waals surface area contributed by atoms with Crippen LogP contribution in [0.3, 0.4) is 0 Å². The summed E-state index contributed by atoms with van der Waals surface area (Å²) >= 11 is 0. The lowest BCUT2D eigenvalue weighted by Gasteiger charge is -2.16. The Kier molecular flexibility index (Phi) is 3.76. The van der Waals surface area contributed by atoms with Crippen molar-refractivity contribution in [2.75, 3.05) is 13.7 Å². The van der Waals surface area contributed by atoms with Gasteiger partial charge in [-0.3, -0.25) is 4.79 Å². The van der Waals surface area contributed by atoms with E-state index in [4.69, 9.17) is 0 Å². The van der Waals surface area contributed by atoms with Crippen molar-refractivity contribution >= 4 is 5.97 Å². The minimum atomic E-state index is -0.678. The van der Waals surface area contributed by atoms with Gasteiger partial charge in [-0.15, -0.1) is 0 Å². The first-order chi connectivity index (χ1) is 8.22. The van der Waals surface area contributed by atoms with Crippen molar-refractivity contribution < 1.29 is 14.6 Å². The van der Waals surface area contributed by atoms with Crippen LogP contribution in [0.2, 0.25) is 0 Å². The summed E-state index contributed by atoms with van der Waals surface area (Å²) in [5.41, 5.74) is 1.17. The number of esters is 1. The zero-order valence-corrected chi connectivity index (χ0v) is 9.80. The molecule has 2 N–H and O–H groups in total. The third-order valence-corrected chi connectivity index (χ3v) is 3.22. The van der Waals surface area contributed by atoms with Crippen LogP contribution >= 0.6 is 0 Å². The van der Waals surface area contributed by atoms with Crippen LogP contribution in [0.5, 0.6) is 0 Å². The van der Waals surface area contributed by atoms with E-state index < -0.39 is 18.1 Å². The lowest BCUT2D eigenvalue weighted by atomic mass is 9.94. The highest BCUT2D eigenvalue weighted by molar-refractivity contribution is 5.76. The Morgan fingerprint density at radius 2 is 2.18 bits per heavy atom. The third kappa shape index (κ3) is 2.65. The highest BCUT2D eigenvalue weighted by atomic mass is 16.5. The molecule has 2 unspecified atom stereocenters. The predicted molar refractivity (Wildman–Crippen MR) is 63.4 cm³/mol. The predicted octanol–water partition coefficient (Wildman–Crippen LogP) is 0.351. The Bertz CT molecular complexity index is 380. The Labute approximate surface area is 101 Å². The number of ether oxygens (including phenoxy) is 1. The molecular formula is C13H17NO3. The van der Waals surface area contributed by atoms with Gasteiger partial charge < -0.3 is 15.2 Å². The van der Waals surface area contributed by atoms with Crippen LogP contribution in [0, 0.1) is 5.92 Å². The highest BCUT2D eigenvalue weighted by Crippen LogP contribution is 2.20. The van der Waals surface area contributed by atoms with Gasteiger partial charge in [-0.25, -0.2) is 0 Å². The molecule has 1 aromatic carbocycles. The van der Waals surface area contributed by atoms with E-state index >= 15 is 0 Å². The van der Waals surface area contributed by atoms with E-state index in [2.05, 4.69) is 10.1 Å². The topological polar surface area (TPSA) is 58.6 Å². The zero-order chi connectivity index (χ0) is 12.3. The van der Waals surface area contributed by atoms with Gasteiger partial charge in [0, 0.05) is 12.5 Å². The van der Waals surface area contributed by atoms with Crippen LogP contribution in [0.4, 0.5) is 0 Å². The number of hydrogen-bond acceptors (Lipinski definition) is 4. The maximum Gasteiger partial charge on any atom is 0.325 e. The molecule has 0 saturated carbocycles. The maximum absolute atomic E-state index is 11.4. The summed E-state index contributed by atoms with van der Waals surface area (Å²) in [6.07, 6.45) is 0.0883. The van der Waals surface area contributed by atoms with Gasteiger partial charge in [-0.2, -0.15) is 0 Å². The van der Waals surface area contributed by atoms with Crippen molar-refractivity contribution in [1.82, 2.24) is 5.32 Å². The summed E-state index contributed by atoms with van der Waals surface area (Å²) in [5, 5.41) is 13.1. The molecule has 0 amide bonds. The molecule has 2 rings (SSSR count). The summed E-state index contributed by atoms with van der Waals surface area (Å²) in [4.78, 5) is 11.4. The van der Waals surface area contributed by atoms with E-state index in [1.54, 1.807) is 0 Å². The Balaban J connectivity index is 1.98. The molecule has 0 radical (unpaired) electrons. The molecule has 1 heterocycles. The lowest BCUT2D eigenvalue weighted by Crippen LogP contribution is -2.40. The molecule has 3 atom stereocenters. The van der Waals surface area contributed by atoms with Crippen LogP contribution in [-0.2, 0) is 16.0 Å². The molecule has 1 fully saturated rings. The SMILES string of the molecule is COC(=O)C1NC[C@H](Cc2ccccc2)C1O. The van der Waals surface area contributed by atoms with Crippen molar-refractivity contribution in [2.24, 2.45) is 5.92 Å². The monoisotopic (exact) mass is 235 g/mol. The van der Waals surface area contributed by atoms with Gasteiger partial charge in [0.1, 0.15) is 6.04 Å². The van der Waals surface area contributed by atoms with Gasteiger partial charge in [0.05, 0.1) is 13.2 Å². The summed E-state index contributed by atoms with van der Waals surface area (Å²) in [6, 6.07) is 9.37. The molecule has 4 nitrogen and oxygen atoms in total. The first-order valence-electron chi connectivity index (χ1n) is 5.75. The fourth-order valence-corrected chi connectivity index (χ4v) is 2.25. The van der Waals surface area contributed by atoms with Gasteiger partial charge in [0.15, 0.2) is 0 Å². The van der Waals surface area contributed by atoms with Crippen molar-refractivity contribution in [2.45, 2.75) is 18.6 Å². The van der Waals surface area contributed by atoms with Crippen molar-refractivity contribution in [1.29, 1.82) is 0 Å². The Morgan fingerprint density at radius 3 is 2.82 bits per heavy atom. The van der Waals surface area contributed by atoms with Gasteiger partial charge in [-0.05, 0) is 12.0 Å². The normalized spacial score (nSPS) is 28.0. The minimum absolute atomic E-state index is 0.0569. The van der Waals surface area contributed by atoms with Gasteiger partial charge in [-0.1, -0.05) is 30.3 Å². The number of rotatable bonds is 3. The number of carbonyl (C=O) groups is 1. The molecule has 17 heavy (non-hydrogen) atoms. The number of methoxy groups -OCH3 is 1. The third-order valence-electron chi connectivity index (χ3n) is 3.22. The van der Waals surface area contributed by atoms with Gasteiger partial charge >= 0.3 is 5.97 Å². The zero-order valence-electron chi connectivity index (χ0n) is 9.80. The maximum atomic E-state index is 11.4. The number of aliphatic hydroxyl groups excluding tert-OH is 1. The number of nitrogens with one attached hydrogen (secondary N) is 1. The van der Waals surface area contributed by atoms with Crippen LogP contribution in [0.25, 0.3) is 0 Å². The summed E-state index contributed by atoms with van der Waals surface area (Å²) in [5.74, 6) is -0.338.